The fourth-order valence-corrected chi connectivity index (χ4v) is 2.17. The molecule has 2 atom stereocenters. The van der Waals surface area contributed by atoms with E-state index in [2.05, 4.69) is 5.32 Å². The second kappa shape index (κ2) is 5.44. The molecule has 100 valence electrons. The maximum absolute atomic E-state index is 13.8. The molecule has 3 N–H and O–H groups in total. The summed E-state index contributed by atoms with van der Waals surface area (Å²) >= 11 is 0. The van der Waals surface area contributed by atoms with E-state index in [9.17, 15) is 4.39 Å². The van der Waals surface area contributed by atoms with Crippen molar-refractivity contribution in [3.63, 3.8) is 0 Å². The number of anilines is 2. The Balaban J connectivity index is 2.12. The Hall–Kier alpha value is -1.49. The molecule has 0 radical (unpaired) electrons. The third-order valence-electron chi connectivity index (χ3n) is 3.37. The molecule has 5 heteroatoms. The number of halogens is 1. The predicted octanol–water partition coefficient (Wildman–Crippen LogP) is 2.25. The zero-order valence-electron chi connectivity index (χ0n) is 10.7. The molecule has 1 aromatic carbocycles. The molecule has 2 unspecified atom stereocenters. The molecule has 18 heavy (non-hydrogen) atoms. The summed E-state index contributed by atoms with van der Waals surface area (Å²) in [5.74, 6) is 0.529. The van der Waals surface area contributed by atoms with Crippen LogP contribution in [0.2, 0.25) is 0 Å². The quantitative estimate of drug-likeness (QED) is 0.809. The van der Waals surface area contributed by atoms with Gasteiger partial charge in [0.05, 0.1) is 25.1 Å². The number of nitrogens with one attached hydrogen (secondary N) is 1. The van der Waals surface area contributed by atoms with Crippen molar-refractivity contribution < 1.29 is 13.9 Å². The Kier molecular flexibility index (Phi) is 3.91. The first-order valence-corrected chi connectivity index (χ1v) is 6.09. The summed E-state index contributed by atoms with van der Waals surface area (Å²) in [6, 6.07) is 3.02. The standard InChI is InChI=1S/C13H19FN2O2/c1-8(9-3-4-18-7-9)16-12-6-13(17-2)11(15)5-10(12)14/h5-6,8-9,16H,3-4,7,15H2,1-2H3. The Morgan fingerprint density at radius 2 is 2.33 bits per heavy atom. The van der Waals surface area contributed by atoms with E-state index in [0.717, 1.165) is 19.6 Å². The third kappa shape index (κ3) is 2.67. The SMILES string of the molecule is COc1cc(NC(C)C2CCOC2)c(F)cc1N. The lowest BCUT2D eigenvalue weighted by atomic mass is 10.0. The fourth-order valence-electron chi connectivity index (χ4n) is 2.17. The lowest BCUT2D eigenvalue weighted by Gasteiger charge is -2.21. The van der Waals surface area contributed by atoms with Crippen LogP contribution in [0.15, 0.2) is 12.1 Å². The van der Waals surface area contributed by atoms with E-state index in [-0.39, 0.29) is 11.9 Å². The predicted molar refractivity (Wildman–Crippen MR) is 69.4 cm³/mol. The number of methoxy groups -OCH3 is 1. The van der Waals surface area contributed by atoms with Crippen LogP contribution in [0, 0.1) is 11.7 Å². The van der Waals surface area contributed by atoms with Gasteiger partial charge in [0.15, 0.2) is 0 Å². The zero-order chi connectivity index (χ0) is 13.1. The molecule has 0 saturated carbocycles. The third-order valence-corrected chi connectivity index (χ3v) is 3.37. The normalized spacial score (nSPS) is 20.7. The van der Waals surface area contributed by atoms with Crippen LogP contribution in [0.3, 0.4) is 0 Å². The molecule has 0 aliphatic carbocycles. The van der Waals surface area contributed by atoms with Crippen molar-refractivity contribution in [1.29, 1.82) is 0 Å². The van der Waals surface area contributed by atoms with E-state index in [4.69, 9.17) is 15.2 Å². The van der Waals surface area contributed by atoms with E-state index < -0.39 is 0 Å². The van der Waals surface area contributed by atoms with Crippen LogP contribution in [0.5, 0.6) is 5.75 Å². The minimum Gasteiger partial charge on any atom is -0.495 e. The lowest BCUT2D eigenvalue weighted by Crippen LogP contribution is -2.26. The van der Waals surface area contributed by atoms with Gasteiger partial charge in [0.2, 0.25) is 0 Å². The van der Waals surface area contributed by atoms with E-state index in [0.29, 0.717) is 23.0 Å². The molecule has 0 spiro atoms. The van der Waals surface area contributed by atoms with Crippen LogP contribution < -0.4 is 15.8 Å². The van der Waals surface area contributed by atoms with E-state index in [1.165, 1.54) is 13.2 Å². The highest BCUT2D eigenvalue weighted by atomic mass is 19.1. The van der Waals surface area contributed by atoms with Crippen molar-refractivity contribution >= 4 is 11.4 Å². The molecule has 1 saturated heterocycles. The van der Waals surface area contributed by atoms with Crippen molar-refractivity contribution in [2.45, 2.75) is 19.4 Å². The average Bonchev–Trinajstić information content (AvgIpc) is 2.86. The topological polar surface area (TPSA) is 56.5 Å². The number of ether oxygens (including phenoxy) is 2. The van der Waals surface area contributed by atoms with Gasteiger partial charge in [0.25, 0.3) is 0 Å². The van der Waals surface area contributed by atoms with Gasteiger partial charge in [0.1, 0.15) is 11.6 Å². The minimum atomic E-state index is -0.362. The molecule has 0 aromatic heterocycles. The second-order valence-corrected chi connectivity index (χ2v) is 4.63. The summed E-state index contributed by atoms with van der Waals surface area (Å²) in [5, 5.41) is 3.16. The Labute approximate surface area is 106 Å². The van der Waals surface area contributed by atoms with Gasteiger partial charge in [-0.25, -0.2) is 4.39 Å². The lowest BCUT2D eigenvalue weighted by molar-refractivity contribution is 0.183. The number of rotatable bonds is 4. The summed E-state index contributed by atoms with van der Waals surface area (Å²) in [7, 11) is 1.52. The van der Waals surface area contributed by atoms with Crippen LogP contribution in [-0.4, -0.2) is 26.4 Å². The van der Waals surface area contributed by atoms with Gasteiger partial charge >= 0.3 is 0 Å². The Bertz CT molecular complexity index is 420. The van der Waals surface area contributed by atoms with Crippen LogP contribution in [-0.2, 0) is 4.74 Å². The van der Waals surface area contributed by atoms with Gasteiger partial charge in [0, 0.05) is 30.7 Å². The number of nitrogens with two attached hydrogens (primary N) is 1. The molecule has 1 heterocycles. The summed E-state index contributed by atoms with van der Waals surface area (Å²) in [6.45, 7) is 3.54. The molecule has 0 amide bonds. The van der Waals surface area contributed by atoms with Gasteiger partial charge < -0.3 is 20.5 Å². The highest BCUT2D eigenvalue weighted by Gasteiger charge is 2.23. The largest absolute Gasteiger partial charge is 0.495 e. The van der Waals surface area contributed by atoms with Gasteiger partial charge in [-0.2, -0.15) is 0 Å². The van der Waals surface area contributed by atoms with Crippen molar-refractivity contribution in [2.24, 2.45) is 5.92 Å². The van der Waals surface area contributed by atoms with Crippen molar-refractivity contribution in [2.75, 3.05) is 31.4 Å². The van der Waals surface area contributed by atoms with Gasteiger partial charge in [-0.05, 0) is 13.3 Å². The molecule has 4 nitrogen and oxygen atoms in total. The summed E-state index contributed by atoms with van der Waals surface area (Å²) in [4.78, 5) is 0. The average molecular weight is 254 g/mol. The highest BCUT2D eigenvalue weighted by Crippen LogP contribution is 2.30. The second-order valence-electron chi connectivity index (χ2n) is 4.63. The Morgan fingerprint density at radius 3 is 2.94 bits per heavy atom. The summed E-state index contributed by atoms with van der Waals surface area (Å²) in [6.07, 6.45) is 1.00. The number of hydrogen-bond donors (Lipinski definition) is 2. The molecule has 1 aliphatic rings. The molecule has 2 rings (SSSR count). The summed E-state index contributed by atoms with van der Waals surface area (Å²) < 4.78 is 24.2. The monoisotopic (exact) mass is 254 g/mol. The maximum atomic E-state index is 13.8. The molecule has 1 fully saturated rings. The first-order chi connectivity index (χ1) is 8.61. The van der Waals surface area contributed by atoms with Crippen molar-refractivity contribution in [3.8, 4) is 5.75 Å². The van der Waals surface area contributed by atoms with Crippen LogP contribution in [0.25, 0.3) is 0 Å². The Morgan fingerprint density at radius 1 is 1.56 bits per heavy atom. The number of hydrogen-bond acceptors (Lipinski definition) is 4. The van der Waals surface area contributed by atoms with Gasteiger partial charge in [-0.15, -0.1) is 0 Å². The van der Waals surface area contributed by atoms with E-state index in [1.807, 2.05) is 6.92 Å². The maximum Gasteiger partial charge on any atom is 0.148 e. The van der Waals surface area contributed by atoms with Crippen LogP contribution in [0.1, 0.15) is 13.3 Å². The fraction of sp³-hybridized carbons (Fsp3) is 0.538. The smallest absolute Gasteiger partial charge is 0.148 e. The van der Waals surface area contributed by atoms with Gasteiger partial charge in [-0.1, -0.05) is 0 Å². The minimum absolute atomic E-state index is 0.148. The van der Waals surface area contributed by atoms with Crippen LogP contribution >= 0.6 is 0 Å². The zero-order valence-corrected chi connectivity index (χ0v) is 10.7. The molecular formula is C13H19FN2O2. The van der Waals surface area contributed by atoms with E-state index >= 15 is 0 Å². The molecule has 0 bridgehead atoms. The number of nitrogen functional groups attached to an aromatic ring is 1. The molecule has 1 aromatic rings. The first-order valence-electron chi connectivity index (χ1n) is 6.09. The van der Waals surface area contributed by atoms with Crippen LogP contribution in [0.4, 0.5) is 15.8 Å². The molecule has 1 aliphatic heterocycles. The number of benzene rings is 1. The van der Waals surface area contributed by atoms with Gasteiger partial charge in [-0.3, -0.25) is 0 Å². The summed E-state index contributed by atoms with van der Waals surface area (Å²) in [5.41, 5.74) is 6.36. The van der Waals surface area contributed by atoms with E-state index in [1.54, 1.807) is 6.07 Å². The van der Waals surface area contributed by atoms with Crippen molar-refractivity contribution in [1.82, 2.24) is 0 Å². The highest BCUT2D eigenvalue weighted by molar-refractivity contribution is 5.62. The first kappa shape index (κ1) is 13.0. The molecular weight excluding hydrogens is 235 g/mol. The van der Waals surface area contributed by atoms with Crippen molar-refractivity contribution in [3.05, 3.63) is 17.9 Å².